The summed E-state index contributed by atoms with van der Waals surface area (Å²) in [7, 11) is 0. The average molecular weight is 367 g/mol. The van der Waals surface area contributed by atoms with Crippen molar-refractivity contribution in [2.75, 3.05) is 25.0 Å². The van der Waals surface area contributed by atoms with Crippen LogP contribution in [0.4, 0.5) is 11.4 Å². The quantitative estimate of drug-likeness (QED) is 0.832. The van der Waals surface area contributed by atoms with Gasteiger partial charge in [-0.25, -0.2) is 0 Å². The Morgan fingerprint density at radius 3 is 2.67 bits per heavy atom. The van der Waals surface area contributed by atoms with Crippen LogP contribution in [0.15, 0.2) is 36.4 Å². The van der Waals surface area contributed by atoms with Gasteiger partial charge in [0.2, 0.25) is 5.91 Å². The fourth-order valence-electron chi connectivity index (χ4n) is 3.34. The van der Waals surface area contributed by atoms with E-state index in [2.05, 4.69) is 48.6 Å². The minimum atomic E-state index is 0.0665. The SMILES string of the molecule is Cc1ccc(Nc2cc(C)nc([C@@H]3CCN(C(=O)COC(C)C)C3)c2)cc1. The van der Waals surface area contributed by atoms with Gasteiger partial charge in [0.1, 0.15) is 6.61 Å². The van der Waals surface area contributed by atoms with E-state index in [0.29, 0.717) is 6.54 Å². The Balaban J connectivity index is 1.67. The molecule has 1 N–H and O–H groups in total. The molecular weight excluding hydrogens is 338 g/mol. The number of anilines is 2. The Morgan fingerprint density at radius 1 is 1.22 bits per heavy atom. The highest BCUT2D eigenvalue weighted by molar-refractivity contribution is 5.77. The molecule has 1 amide bonds. The normalized spacial score (nSPS) is 16.8. The Kier molecular flexibility index (Phi) is 6.11. The third-order valence-electron chi connectivity index (χ3n) is 4.81. The Morgan fingerprint density at radius 2 is 1.96 bits per heavy atom. The van der Waals surface area contributed by atoms with Crippen molar-refractivity contribution in [3.8, 4) is 0 Å². The van der Waals surface area contributed by atoms with Crippen LogP contribution in [-0.2, 0) is 9.53 Å². The third-order valence-corrected chi connectivity index (χ3v) is 4.81. The van der Waals surface area contributed by atoms with E-state index >= 15 is 0 Å². The van der Waals surface area contributed by atoms with Crippen molar-refractivity contribution in [3.63, 3.8) is 0 Å². The molecule has 3 rings (SSSR count). The molecule has 0 radical (unpaired) electrons. The number of amides is 1. The second-order valence-electron chi connectivity index (χ2n) is 7.60. The van der Waals surface area contributed by atoms with Gasteiger partial charge in [-0.15, -0.1) is 0 Å². The van der Waals surface area contributed by atoms with Crippen molar-refractivity contribution in [2.24, 2.45) is 0 Å². The van der Waals surface area contributed by atoms with E-state index in [4.69, 9.17) is 9.72 Å². The van der Waals surface area contributed by atoms with E-state index in [1.54, 1.807) is 0 Å². The zero-order chi connectivity index (χ0) is 19.4. The first kappa shape index (κ1) is 19.4. The van der Waals surface area contributed by atoms with Gasteiger partial charge in [0.05, 0.1) is 6.10 Å². The molecule has 5 heteroatoms. The van der Waals surface area contributed by atoms with Gasteiger partial charge in [0, 0.05) is 41.8 Å². The predicted octanol–water partition coefficient (Wildman–Crippen LogP) is 4.18. The predicted molar refractivity (Wildman–Crippen MR) is 108 cm³/mol. The number of pyridine rings is 1. The summed E-state index contributed by atoms with van der Waals surface area (Å²) in [5, 5.41) is 3.46. The number of rotatable bonds is 6. The van der Waals surface area contributed by atoms with Crippen molar-refractivity contribution < 1.29 is 9.53 Å². The minimum absolute atomic E-state index is 0.0665. The summed E-state index contributed by atoms with van der Waals surface area (Å²) in [5.74, 6) is 0.336. The number of carbonyl (C=O) groups excluding carboxylic acids is 1. The molecule has 0 aliphatic carbocycles. The Labute approximate surface area is 161 Å². The first-order valence-electron chi connectivity index (χ1n) is 9.62. The summed E-state index contributed by atoms with van der Waals surface area (Å²) >= 11 is 0. The van der Waals surface area contributed by atoms with E-state index in [1.165, 1.54) is 5.56 Å². The third kappa shape index (κ3) is 5.30. The number of hydrogen-bond acceptors (Lipinski definition) is 4. The van der Waals surface area contributed by atoms with E-state index < -0.39 is 0 Å². The van der Waals surface area contributed by atoms with Gasteiger partial charge in [-0.2, -0.15) is 0 Å². The van der Waals surface area contributed by atoms with Crippen LogP contribution >= 0.6 is 0 Å². The molecule has 1 fully saturated rings. The topological polar surface area (TPSA) is 54.5 Å². The molecule has 27 heavy (non-hydrogen) atoms. The molecular formula is C22H29N3O2. The van der Waals surface area contributed by atoms with Crippen LogP contribution in [0.5, 0.6) is 0 Å². The number of likely N-dealkylation sites (tertiary alicyclic amines) is 1. The van der Waals surface area contributed by atoms with Gasteiger partial charge in [-0.3, -0.25) is 9.78 Å². The number of aryl methyl sites for hydroxylation is 2. The molecule has 1 saturated heterocycles. The van der Waals surface area contributed by atoms with E-state index in [-0.39, 0.29) is 24.5 Å². The van der Waals surface area contributed by atoms with Gasteiger partial charge in [-0.1, -0.05) is 17.7 Å². The largest absolute Gasteiger partial charge is 0.369 e. The van der Waals surface area contributed by atoms with Crippen molar-refractivity contribution >= 4 is 17.3 Å². The Hall–Kier alpha value is -2.40. The van der Waals surface area contributed by atoms with E-state index in [1.807, 2.05) is 25.7 Å². The Bertz CT molecular complexity index is 787. The van der Waals surface area contributed by atoms with Gasteiger partial charge >= 0.3 is 0 Å². The minimum Gasteiger partial charge on any atom is -0.369 e. The van der Waals surface area contributed by atoms with Crippen LogP contribution in [0.1, 0.15) is 43.1 Å². The van der Waals surface area contributed by atoms with E-state index in [0.717, 1.165) is 35.7 Å². The highest BCUT2D eigenvalue weighted by Gasteiger charge is 2.28. The number of nitrogens with one attached hydrogen (secondary N) is 1. The first-order valence-corrected chi connectivity index (χ1v) is 9.62. The number of benzene rings is 1. The lowest BCUT2D eigenvalue weighted by Gasteiger charge is -2.18. The number of hydrogen-bond donors (Lipinski definition) is 1. The van der Waals surface area contributed by atoms with Crippen molar-refractivity contribution in [1.82, 2.24) is 9.88 Å². The van der Waals surface area contributed by atoms with Crippen LogP contribution < -0.4 is 5.32 Å². The monoisotopic (exact) mass is 367 g/mol. The summed E-state index contributed by atoms with van der Waals surface area (Å²) in [6.07, 6.45) is 1.01. The fraction of sp³-hybridized carbons (Fsp3) is 0.455. The maximum absolute atomic E-state index is 12.3. The fourth-order valence-corrected chi connectivity index (χ4v) is 3.34. The maximum atomic E-state index is 12.3. The standard InChI is InChI=1S/C22H29N3O2/c1-15(2)27-14-22(26)25-10-9-18(13-25)21-12-20(11-17(4)23-21)24-19-7-5-16(3)6-8-19/h5-8,11-12,15,18H,9-10,13-14H2,1-4H3,(H,23,24)/t18-/m1/s1. The second kappa shape index (κ2) is 8.53. The zero-order valence-electron chi connectivity index (χ0n) is 16.7. The highest BCUT2D eigenvalue weighted by atomic mass is 16.5. The molecule has 0 bridgehead atoms. The molecule has 2 aromatic rings. The zero-order valence-corrected chi connectivity index (χ0v) is 16.7. The lowest BCUT2D eigenvalue weighted by molar-refractivity contribution is -0.136. The summed E-state index contributed by atoms with van der Waals surface area (Å²) in [6, 6.07) is 12.5. The summed E-state index contributed by atoms with van der Waals surface area (Å²) in [6.45, 7) is 9.61. The van der Waals surface area contributed by atoms with Crippen molar-refractivity contribution in [2.45, 2.75) is 46.1 Å². The number of nitrogens with zero attached hydrogens (tertiary/aromatic N) is 2. The van der Waals surface area contributed by atoms with Crippen molar-refractivity contribution in [1.29, 1.82) is 0 Å². The molecule has 0 unspecified atom stereocenters. The van der Waals surface area contributed by atoms with Crippen LogP contribution in [0.2, 0.25) is 0 Å². The molecule has 1 aliphatic heterocycles. The summed E-state index contributed by atoms with van der Waals surface area (Å²) in [5.41, 5.74) is 5.37. The average Bonchev–Trinajstić information content (AvgIpc) is 3.11. The molecule has 5 nitrogen and oxygen atoms in total. The molecule has 144 valence electrons. The van der Waals surface area contributed by atoms with Gasteiger partial charge < -0.3 is 15.0 Å². The van der Waals surface area contributed by atoms with Gasteiger partial charge in [0.15, 0.2) is 0 Å². The maximum Gasteiger partial charge on any atom is 0.248 e. The lowest BCUT2D eigenvalue weighted by Crippen LogP contribution is -2.32. The van der Waals surface area contributed by atoms with Gasteiger partial charge in [-0.05, 0) is 58.4 Å². The molecule has 0 saturated carbocycles. The molecule has 2 heterocycles. The first-order chi connectivity index (χ1) is 12.9. The number of ether oxygens (including phenoxy) is 1. The molecule has 1 atom stereocenters. The molecule has 1 aromatic carbocycles. The van der Waals surface area contributed by atoms with Gasteiger partial charge in [0.25, 0.3) is 0 Å². The van der Waals surface area contributed by atoms with Crippen LogP contribution in [0.3, 0.4) is 0 Å². The molecule has 1 aliphatic rings. The number of aromatic nitrogens is 1. The smallest absolute Gasteiger partial charge is 0.248 e. The van der Waals surface area contributed by atoms with Crippen LogP contribution in [0, 0.1) is 13.8 Å². The van der Waals surface area contributed by atoms with Crippen LogP contribution in [-0.4, -0.2) is 41.6 Å². The molecule has 0 spiro atoms. The number of carbonyl (C=O) groups is 1. The van der Waals surface area contributed by atoms with Crippen molar-refractivity contribution in [3.05, 3.63) is 53.3 Å². The highest BCUT2D eigenvalue weighted by Crippen LogP contribution is 2.29. The lowest BCUT2D eigenvalue weighted by atomic mass is 10.0. The second-order valence-corrected chi connectivity index (χ2v) is 7.60. The summed E-state index contributed by atoms with van der Waals surface area (Å²) < 4.78 is 5.45. The van der Waals surface area contributed by atoms with Crippen LogP contribution in [0.25, 0.3) is 0 Å². The summed E-state index contributed by atoms with van der Waals surface area (Å²) in [4.78, 5) is 18.9. The van der Waals surface area contributed by atoms with E-state index in [9.17, 15) is 4.79 Å². The molecule has 1 aromatic heterocycles.